The molecule has 4 nitrogen and oxygen atoms in total. The van der Waals surface area contributed by atoms with Crippen molar-refractivity contribution in [3.8, 4) is 0 Å². The van der Waals surface area contributed by atoms with E-state index >= 15 is 0 Å². The average Bonchev–Trinajstić information content (AvgIpc) is 2.22. The predicted molar refractivity (Wildman–Crippen MR) is 59.2 cm³/mol. The lowest BCUT2D eigenvalue weighted by molar-refractivity contribution is -0.190. The molecule has 4 saturated carbocycles. The zero-order valence-corrected chi connectivity index (χ0v) is 10.0. The zero-order chi connectivity index (χ0) is 12.2. The number of hydrogen-bond acceptors (Lipinski definition) is 3. The molecule has 0 spiro atoms. The van der Waals surface area contributed by atoms with Crippen molar-refractivity contribution in [2.45, 2.75) is 45.1 Å². The SMILES string of the molecule is CC(=O)OC1C2CC3CC1CC(C(=O)O)(C3)C2. The fraction of sp³-hybridized carbons (Fsp3) is 0.846. The van der Waals surface area contributed by atoms with Gasteiger partial charge in [-0.05, 0) is 49.9 Å². The van der Waals surface area contributed by atoms with Crippen molar-refractivity contribution in [3.05, 3.63) is 0 Å². The summed E-state index contributed by atoms with van der Waals surface area (Å²) >= 11 is 0. The third-order valence-electron chi connectivity index (χ3n) is 4.94. The van der Waals surface area contributed by atoms with Crippen molar-refractivity contribution in [1.29, 1.82) is 0 Å². The Balaban J connectivity index is 1.85. The molecular formula is C13H18O4. The highest BCUT2D eigenvalue weighted by Crippen LogP contribution is 2.60. The quantitative estimate of drug-likeness (QED) is 0.745. The number of carbonyl (C=O) groups is 2. The number of carboxylic acids is 1. The molecule has 17 heavy (non-hydrogen) atoms. The van der Waals surface area contributed by atoms with Gasteiger partial charge in [-0.3, -0.25) is 9.59 Å². The van der Waals surface area contributed by atoms with Crippen molar-refractivity contribution in [3.63, 3.8) is 0 Å². The Hall–Kier alpha value is -1.06. The molecule has 1 N–H and O–H groups in total. The fourth-order valence-electron chi connectivity index (χ4n) is 4.62. The van der Waals surface area contributed by atoms with Crippen molar-refractivity contribution < 1.29 is 19.4 Å². The van der Waals surface area contributed by atoms with E-state index < -0.39 is 11.4 Å². The van der Waals surface area contributed by atoms with Gasteiger partial charge in [0.1, 0.15) is 6.10 Å². The fourth-order valence-corrected chi connectivity index (χ4v) is 4.62. The summed E-state index contributed by atoms with van der Waals surface area (Å²) in [6.45, 7) is 1.44. The van der Waals surface area contributed by atoms with Crippen LogP contribution < -0.4 is 0 Å². The van der Waals surface area contributed by atoms with Crippen LogP contribution in [0.2, 0.25) is 0 Å². The molecule has 4 aliphatic rings. The number of rotatable bonds is 2. The van der Waals surface area contributed by atoms with Crippen LogP contribution in [0.5, 0.6) is 0 Å². The van der Waals surface area contributed by atoms with Crippen molar-refractivity contribution >= 4 is 11.9 Å². The van der Waals surface area contributed by atoms with Gasteiger partial charge in [0, 0.05) is 6.92 Å². The van der Waals surface area contributed by atoms with E-state index in [2.05, 4.69) is 0 Å². The van der Waals surface area contributed by atoms with Gasteiger partial charge >= 0.3 is 11.9 Å². The predicted octanol–water partition coefficient (Wildman–Crippen LogP) is 1.83. The molecular weight excluding hydrogens is 220 g/mol. The Morgan fingerprint density at radius 1 is 1.18 bits per heavy atom. The van der Waals surface area contributed by atoms with Crippen LogP contribution in [0.15, 0.2) is 0 Å². The largest absolute Gasteiger partial charge is 0.481 e. The second-order valence-electron chi connectivity index (χ2n) is 6.13. The van der Waals surface area contributed by atoms with Gasteiger partial charge in [0.15, 0.2) is 0 Å². The molecule has 94 valence electrons. The standard InChI is InChI=1S/C13H18O4/c1-7(14)17-11-9-2-8-3-10(11)6-13(4-8,5-9)12(15)16/h8-11H,2-6H2,1H3,(H,15,16). The summed E-state index contributed by atoms with van der Waals surface area (Å²) in [5.41, 5.74) is -0.507. The molecule has 4 rings (SSSR count). The van der Waals surface area contributed by atoms with Crippen molar-refractivity contribution in [2.24, 2.45) is 23.2 Å². The number of ether oxygens (including phenoxy) is 1. The second-order valence-corrected chi connectivity index (χ2v) is 6.13. The number of hydrogen-bond donors (Lipinski definition) is 1. The van der Waals surface area contributed by atoms with Crippen molar-refractivity contribution in [1.82, 2.24) is 0 Å². The molecule has 4 bridgehead atoms. The van der Waals surface area contributed by atoms with Gasteiger partial charge in [0.05, 0.1) is 5.41 Å². The van der Waals surface area contributed by atoms with Gasteiger partial charge < -0.3 is 9.84 Å². The molecule has 0 saturated heterocycles. The van der Waals surface area contributed by atoms with Gasteiger partial charge in [-0.15, -0.1) is 0 Å². The first-order chi connectivity index (χ1) is 8.00. The van der Waals surface area contributed by atoms with Crippen LogP contribution in [0.3, 0.4) is 0 Å². The lowest BCUT2D eigenvalue weighted by Gasteiger charge is -2.57. The maximum atomic E-state index is 11.5. The number of carboxylic acid groups (broad SMARTS) is 1. The maximum Gasteiger partial charge on any atom is 0.309 e. The van der Waals surface area contributed by atoms with Crippen molar-refractivity contribution in [2.75, 3.05) is 0 Å². The molecule has 2 atom stereocenters. The van der Waals surface area contributed by atoms with Crippen LogP contribution >= 0.6 is 0 Å². The Bertz CT molecular complexity index is 360. The Morgan fingerprint density at radius 3 is 2.24 bits per heavy atom. The van der Waals surface area contributed by atoms with Crippen LogP contribution in [0.25, 0.3) is 0 Å². The molecule has 0 aromatic carbocycles. The first-order valence-electron chi connectivity index (χ1n) is 6.41. The molecule has 0 heterocycles. The van der Waals surface area contributed by atoms with E-state index in [1.54, 1.807) is 0 Å². The monoisotopic (exact) mass is 238 g/mol. The summed E-state index contributed by atoms with van der Waals surface area (Å²) < 4.78 is 5.42. The van der Waals surface area contributed by atoms with Gasteiger partial charge in [-0.25, -0.2) is 0 Å². The van der Waals surface area contributed by atoms with E-state index in [1.807, 2.05) is 0 Å². The first kappa shape index (κ1) is 11.1. The summed E-state index contributed by atoms with van der Waals surface area (Å²) in [6, 6.07) is 0. The molecule has 2 unspecified atom stereocenters. The third-order valence-corrected chi connectivity index (χ3v) is 4.94. The van der Waals surface area contributed by atoms with E-state index in [0.717, 1.165) is 19.3 Å². The average molecular weight is 238 g/mol. The minimum atomic E-state index is -0.641. The van der Waals surface area contributed by atoms with Crippen LogP contribution in [-0.2, 0) is 14.3 Å². The molecule has 0 radical (unpaired) electrons. The van der Waals surface area contributed by atoms with E-state index in [0.29, 0.717) is 18.8 Å². The minimum Gasteiger partial charge on any atom is -0.481 e. The Labute approximate surface area is 100 Å². The van der Waals surface area contributed by atoms with Crippen LogP contribution in [0.4, 0.5) is 0 Å². The summed E-state index contributed by atoms with van der Waals surface area (Å²) in [5, 5.41) is 9.44. The van der Waals surface area contributed by atoms with Gasteiger partial charge in [-0.1, -0.05) is 0 Å². The highest BCUT2D eigenvalue weighted by Gasteiger charge is 2.59. The summed E-state index contributed by atoms with van der Waals surface area (Å²) in [7, 11) is 0. The van der Waals surface area contributed by atoms with Gasteiger partial charge in [0.25, 0.3) is 0 Å². The normalized spacial score (nSPS) is 46.9. The molecule has 0 aromatic heterocycles. The number of carbonyl (C=O) groups excluding carboxylic acids is 1. The number of esters is 1. The summed E-state index contributed by atoms with van der Waals surface area (Å²) in [5.74, 6) is 0.225. The summed E-state index contributed by atoms with van der Waals surface area (Å²) in [6.07, 6.45) is 4.31. The zero-order valence-electron chi connectivity index (χ0n) is 10.0. The van der Waals surface area contributed by atoms with Gasteiger partial charge in [0.2, 0.25) is 0 Å². The summed E-state index contributed by atoms with van der Waals surface area (Å²) in [4.78, 5) is 22.6. The lowest BCUT2D eigenvalue weighted by atomic mass is 9.48. The smallest absolute Gasteiger partial charge is 0.309 e. The molecule has 4 aliphatic carbocycles. The van der Waals surface area contributed by atoms with E-state index in [9.17, 15) is 14.7 Å². The Kier molecular flexibility index (Phi) is 2.25. The van der Waals surface area contributed by atoms with E-state index in [-0.39, 0.29) is 23.9 Å². The molecule has 4 heteroatoms. The second kappa shape index (κ2) is 3.47. The highest BCUT2D eigenvalue weighted by molar-refractivity contribution is 5.75. The first-order valence-corrected chi connectivity index (χ1v) is 6.41. The molecule has 0 aromatic rings. The topological polar surface area (TPSA) is 63.6 Å². The molecule has 0 amide bonds. The maximum absolute atomic E-state index is 11.5. The van der Waals surface area contributed by atoms with E-state index in [4.69, 9.17) is 4.74 Å². The van der Waals surface area contributed by atoms with Gasteiger partial charge in [-0.2, -0.15) is 0 Å². The Morgan fingerprint density at radius 2 is 1.76 bits per heavy atom. The van der Waals surface area contributed by atoms with Crippen LogP contribution in [0.1, 0.15) is 39.0 Å². The third kappa shape index (κ3) is 1.57. The molecule has 0 aliphatic heterocycles. The lowest BCUT2D eigenvalue weighted by Crippen LogP contribution is -2.57. The molecule has 4 fully saturated rings. The van der Waals surface area contributed by atoms with Crippen LogP contribution in [0, 0.1) is 23.2 Å². The van der Waals surface area contributed by atoms with E-state index in [1.165, 1.54) is 6.92 Å². The van der Waals surface area contributed by atoms with Crippen LogP contribution in [-0.4, -0.2) is 23.1 Å². The highest BCUT2D eigenvalue weighted by atomic mass is 16.5. The minimum absolute atomic E-state index is 0.0171. The number of aliphatic carboxylic acids is 1.